The second kappa shape index (κ2) is 7.56. The summed E-state index contributed by atoms with van der Waals surface area (Å²) in [5.74, 6) is 0.324. The molecule has 0 radical (unpaired) electrons. The predicted molar refractivity (Wildman–Crippen MR) is 99.7 cm³/mol. The number of hydrogen-bond donors (Lipinski definition) is 1. The number of pyridine rings is 1. The molecule has 6 heteroatoms. The Kier molecular flexibility index (Phi) is 5.21. The molecule has 1 aromatic carbocycles. The van der Waals surface area contributed by atoms with Gasteiger partial charge < -0.3 is 14.9 Å². The Morgan fingerprint density at radius 3 is 2.58 bits per heavy atom. The third-order valence-electron chi connectivity index (χ3n) is 4.69. The van der Waals surface area contributed by atoms with Gasteiger partial charge in [-0.15, -0.1) is 0 Å². The predicted octanol–water partition coefficient (Wildman–Crippen LogP) is 2.55. The minimum absolute atomic E-state index is 0.0962. The minimum atomic E-state index is -0.901. The average molecular weight is 353 g/mol. The monoisotopic (exact) mass is 353 g/mol. The minimum Gasteiger partial charge on any atom is -0.478 e. The van der Waals surface area contributed by atoms with E-state index in [1.807, 2.05) is 24.3 Å². The number of carboxylic acids is 1. The molecule has 1 unspecified atom stereocenters. The van der Waals surface area contributed by atoms with Crippen molar-refractivity contribution in [2.75, 3.05) is 32.1 Å². The topological polar surface area (TPSA) is 73.7 Å². The molecule has 1 aliphatic rings. The Morgan fingerprint density at radius 2 is 1.92 bits per heavy atom. The number of hydrogen-bond acceptors (Lipinski definition) is 4. The Labute approximate surface area is 153 Å². The molecule has 136 valence electrons. The van der Waals surface area contributed by atoms with E-state index < -0.39 is 5.97 Å². The molecule has 0 bridgehead atoms. The van der Waals surface area contributed by atoms with Crippen LogP contribution >= 0.6 is 0 Å². The van der Waals surface area contributed by atoms with Gasteiger partial charge in [-0.2, -0.15) is 0 Å². The molecule has 6 nitrogen and oxygen atoms in total. The van der Waals surface area contributed by atoms with Crippen molar-refractivity contribution in [3.05, 3.63) is 59.3 Å². The highest BCUT2D eigenvalue weighted by atomic mass is 16.4. The van der Waals surface area contributed by atoms with Gasteiger partial charge in [-0.25, -0.2) is 9.78 Å². The number of anilines is 1. The van der Waals surface area contributed by atoms with E-state index in [9.17, 15) is 9.59 Å². The lowest BCUT2D eigenvalue weighted by Crippen LogP contribution is -2.25. The van der Waals surface area contributed by atoms with Crippen molar-refractivity contribution >= 4 is 17.7 Å². The second-order valence-electron chi connectivity index (χ2n) is 6.89. The molecule has 26 heavy (non-hydrogen) atoms. The molecule has 0 aliphatic carbocycles. The highest BCUT2D eigenvalue weighted by Gasteiger charge is 2.24. The number of carboxylic acid groups (broad SMARTS) is 1. The number of benzene rings is 1. The lowest BCUT2D eigenvalue weighted by atomic mass is 9.98. The van der Waals surface area contributed by atoms with Crippen LogP contribution in [0.15, 0.2) is 42.5 Å². The summed E-state index contributed by atoms with van der Waals surface area (Å²) in [5, 5.41) is 8.98. The Hall–Kier alpha value is -2.89. The van der Waals surface area contributed by atoms with E-state index in [1.165, 1.54) is 4.90 Å². The molecule has 1 aromatic heterocycles. The number of aromatic carboxylic acids is 1. The van der Waals surface area contributed by atoms with Crippen molar-refractivity contribution in [3.63, 3.8) is 0 Å². The summed E-state index contributed by atoms with van der Waals surface area (Å²) < 4.78 is 0. The summed E-state index contributed by atoms with van der Waals surface area (Å²) in [7, 11) is 3.44. The van der Waals surface area contributed by atoms with Gasteiger partial charge in [0.25, 0.3) is 5.91 Å². The van der Waals surface area contributed by atoms with Gasteiger partial charge in [0.05, 0.1) is 5.56 Å². The van der Waals surface area contributed by atoms with E-state index in [0.29, 0.717) is 17.2 Å². The van der Waals surface area contributed by atoms with Crippen molar-refractivity contribution in [1.29, 1.82) is 0 Å². The van der Waals surface area contributed by atoms with Gasteiger partial charge in [-0.1, -0.05) is 18.2 Å². The number of rotatable bonds is 5. The maximum Gasteiger partial charge on any atom is 0.335 e. The van der Waals surface area contributed by atoms with Crippen molar-refractivity contribution in [3.8, 4) is 0 Å². The van der Waals surface area contributed by atoms with Crippen LogP contribution in [0.1, 0.15) is 32.8 Å². The van der Waals surface area contributed by atoms with Crippen molar-refractivity contribution in [2.45, 2.75) is 12.8 Å². The number of carbonyl (C=O) groups is 2. The normalized spacial score (nSPS) is 16.5. The molecule has 1 aliphatic heterocycles. The molecule has 1 fully saturated rings. The van der Waals surface area contributed by atoms with E-state index >= 15 is 0 Å². The van der Waals surface area contributed by atoms with Gasteiger partial charge >= 0.3 is 5.97 Å². The SMILES string of the molecule is CN(C)C(=O)c1cccc(N2CCC(Cc3ccc(C(=O)O)cc3)C2)n1. The first-order valence-electron chi connectivity index (χ1n) is 8.70. The van der Waals surface area contributed by atoms with Crippen LogP contribution in [-0.4, -0.2) is 54.1 Å². The lowest BCUT2D eigenvalue weighted by Gasteiger charge is -2.19. The Balaban J connectivity index is 1.64. The average Bonchev–Trinajstić information content (AvgIpc) is 3.10. The van der Waals surface area contributed by atoms with Gasteiger partial charge in [-0.05, 0) is 48.6 Å². The second-order valence-corrected chi connectivity index (χ2v) is 6.89. The van der Waals surface area contributed by atoms with Gasteiger partial charge in [-0.3, -0.25) is 4.79 Å². The van der Waals surface area contributed by atoms with Gasteiger partial charge in [0.1, 0.15) is 11.5 Å². The Morgan fingerprint density at radius 1 is 1.19 bits per heavy atom. The molecule has 2 aromatic rings. The quantitative estimate of drug-likeness (QED) is 0.894. The summed E-state index contributed by atoms with van der Waals surface area (Å²) >= 11 is 0. The molecular weight excluding hydrogens is 330 g/mol. The fourth-order valence-electron chi connectivity index (χ4n) is 3.27. The summed E-state index contributed by atoms with van der Waals surface area (Å²) in [6.07, 6.45) is 1.96. The summed E-state index contributed by atoms with van der Waals surface area (Å²) in [4.78, 5) is 31.3. The highest BCUT2D eigenvalue weighted by molar-refractivity contribution is 5.92. The molecule has 0 spiro atoms. The molecule has 3 rings (SSSR count). The number of carbonyl (C=O) groups excluding carboxylic acids is 1. The molecule has 1 amide bonds. The smallest absolute Gasteiger partial charge is 0.335 e. The largest absolute Gasteiger partial charge is 0.478 e. The van der Waals surface area contributed by atoms with Crippen LogP contribution in [0, 0.1) is 5.92 Å². The zero-order chi connectivity index (χ0) is 18.7. The molecule has 1 atom stereocenters. The van der Waals surface area contributed by atoms with Crippen LogP contribution in [0.3, 0.4) is 0 Å². The Bertz CT molecular complexity index is 802. The van der Waals surface area contributed by atoms with E-state index in [0.717, 1.165) is 37.3 Å². The number of amides is 1. The highest BCUT2D eigenvalue weighted by Crippen LogP contribution is 2.25. The fraction of sp³-hybridized carbons (Fsp3) is 0.350. The maximum atomic E-state index is 12.1. The van der Waals surface area contributed by atoms with E-state index in [-0.39, 0.29) is 5.91 Å². The zero-order valence-corrected chi connectivity index (χ0v) is 15.1. The first-order valence-corrected chi connectivity index (χ1v) is 8.70. The first-order chi connectivity index (χ1) is 12.4. The van der Waals surface area contributed by atoms with Gasteiger partial charge in [0, 0.05) is 27.2 Å². The summed E-state index contributed by atoms with van der Waals surface area (Å²) in [5.41, 5.74) is 1.92. The third-order valence-corrected chi connectivity index (χ3v) is 4.69. The van der Waals surface area contributed by atoms with E-state index in [1.54, 1.807) is 32.3 Å². The van der Waals surface area contributed by atoms with Crippen LogP contribution < -0.4 is 4.90 Å². The van der Waals surface area contributed by atoms with Crippen LogP contribution in [0.5, 0.6) is 0 Å². The molecule has 1 saturated heterocycles. The maximum absolute atomic E-state index is 12.1. The summed E-state index contributed by atoms with van der Waals surface area (Å²) in [6.45, 7) is 1.79. The third kappa shape index (κ3) is 4.02. The van der Waals surface area contributed by atoms with Crippen molar-refractivity contribution < 1.29 is 14.7 Å². The molecular formula is C20H23N3O3. The molecule has 0 saturated carbocycles. The van der Waals surface area contributed by atoms with E-state index in [2.05, 4.69) is 9.88 Å². The van der Waals surface area contributed by atoms with Crippen LogP contribution in [0.4, 0.5) is 5.82 Å². The standard InChI is InChI=1S/C20H23N3O3/c1-22(2)19(24)17-4-3-5-18(21-17)23-11-10-15(13-23)12-14-6-8-16(9-7-14)20(25)26/h3-9,15H,10-13H2,1-2H3,(H,25,26). The number of nitrogens with zero attached hydrogens (tertiary/aromatic N) is 3. The van der Waals surface area contributed by atoms with Crippen molar-refractivity contribution in [1.82, 2.24) is 9.88 Å². The molecule has 1 N–H and O–H groups in total. The zero-order valence-electron chi connectivity index (χ0n) is 15.1. The van der Waals surface area contributed by atoms with Crippen LogP contribution in [-0.2, 0) is 6.42 Å². The van der Waals surface area contributed by atoms with Crippen molar-refractivity contribution in [2.24, 2.45) is 5.92 Å². The van der Waals surface area contributed by atoms with Gasteiger partial charge in [0.2, 0.25) is 0 Å². The van der Waals surface area contributed by atoms with Crippen LogP contribution in [0.2, 0.25) is 0 Å². The molecule has 2 heterocycles. The summed E-state index contributed by atoms with van der Waals surface area (Å²) in [6, 6.07) is 12.6. The van der Waals surface area contributed by atoms with Crippen LogP contribution in [0.25, 0.3) is 0 Å². The lowest BCUT2D eigenvalue weighted by molar-refractivity contribution is 0.0696. The first kappa shape index (κ1) is 17.9. The number of aromatic nitrogens is 1. The van der Waals surface area contributed by atoms with Gasteiger partial charge in [0.15, 0.2) is 0 Å². The van der Waals surface area contributed by atoms with E-state index in [4.69, 9.17) is 5.11 Å². The fourth-order valence-corrected chi connectivity index (χ4v) is 3.27.